The van der Waals surface area contributed by atoms with Crippen molar-refractivity contribution in [2.75, 3.05) is 11.4 Å². The highest BCUT2D eigenvalue weighted by Gasteiger charge is 2.33. The number of anilines is 1. The fourth-order valence-corrected chi connectivity index (χ4v) is 2.19. The van der Waals surface area contributed by atoms with Gasteiger partial charge in [-0.1, -0.05) is 11.6 Å². The zero-order valence-electron chi connectivity index (χ0n) is 9.34. The third-order valence-electron chi connectivity index (χ3n) is 3.10. The van der Waals surface area contributed by atoms with Crippen molar-refractivity contribution in [2.24, 2.45) is 5.73 Å². The molecule has 2 unspecified atom stereocenters. The molecule has 1 fully saturated rings. The molecule has 0 radical (unpaired) electrons. The Hall–Kier alpha value is -1.40. The topological polar surface area (TPSA) is 85.3 Å². The molecule has 0 amide bonds. The van der Waals surface area contributed by atoms with Crippen LogP contribution in [0.5, 0.6) is 0 Å². The number of hydrogen-bond donors (Lipinski definition) is 1. The summed E-state index contributed by atoms with van der Waals surface area (Å²) in [4.78, 5) is 16.4. The number of hydrogen-bond acceptors (Lipinski definition) is 5. The molecule has 1 aliphatic heterocycles. The van der Waals surface area contributed by atoms with Gasteiger partial charge in [0.05, 0.1) is 9.95 Å². The second-order valence-electron chi connectivity index (χ2n) is 4.14. The van der Waals surface area contributed by atoms with E-state index in [0.29, 0.717) is 12.4 Å². The molecule has 1 aliphatic rings. The maximum absolute atomic E-state index is 11.0. The van der Waals surface area contributed by atoms with Crippen molar-refractivity contribution in [3.05, 3.63) is 27.4 Å². The van der Waals surface area contributed by atoms with Gasteiger partial charge in [-0.05, 0) is 13.3 Å². The molecular weight excluding hydrogens is 244 g/mol. The quantitative estimate of drug-likeness (QED) is 0.641. The zero-order valence-corrected chi connectivity index (χ0v) is 10.1. The zero-order chi connectivity index (χ0) is 12.6. The molecule has 0 bridgehead atoms. The van der Waals surface area contributed by atoms with E-state index in [1.54, 1.807) is 0 Å². The van der Waals surface area contributed by atoms with Gasteiger partial charge < -0.3 is 10.6 Å². The smallest absolute Gasteiger partial charge is 0.313 e. The Morgan fingerprint density at radius 1 is 1.71 bits per heavy atom. The van der Waals surface area contributed by atoms with Crippen LogP contribution in [0.25, 0.3) is 0 Å². The average molecular weight is 257 g/mol. The number of rotatable bonds is 2. The van der Waals surface area contributed by atoms with Crippen LogP contribution < -0.4 is 10.6 Å². The van der Waals surface area contributed by atoms with Crippen LogP contribution in [0.15, 0.2) is 12.3 Å². The summed E-state index contributed by atoms with van der Waals surface area (Å²) in [6.45, 7) is 2.62. The molecule has 17 heavy (non-hydrogen) atoms. The predicted octanol–water partition coefficient (Wildman–Crippen LogP) is 1.57. The van der Waals surface area contributed by atoms with E-state index in [-0.39, 0.29) is 22.8 Å². The monoisotopic (exact) mass is 256 g/mol. The molecule has 1 saturated heterocycles. The van der Waals surface area contributed by atoms with Crippen LogP contribution in [0.3, 0.4) is 0 Å². The third kappa shape index (κ3) is 2.18. The molecule has 2 atom stereocenters. The number of halogens is 1. The predicted molar refractivity (Wildman–Crippen MR) is 65.3 cm³/mol. The van der Waals surface area contributed by atoms with E-state index in [1.165, 1.54) is 12.3 Å². The van der Waals surface area contributed by atoms with Gasteiger partial charge in [0.1, 0.15) is 0 Å². The molecule has 0 aliphatic carbocycles. The van der Waals surface area contributed by atoms with Gasteiger partial charge in [0.15, 0.2) is 0 Å². The van der Waals surface area contributed by atoms with E-state index < -0.39 is 4.92 Å². The Kier molecular flexibility index (Phi) is 3.17. The summed E-state index contributed by atoms with van der Waals surface area (Å²) in [6.07, 6.45) is 2.23. The lowest BCUT2D eigenvalue weighted by Gasteiger charge is -2.23. The standard InChI is InChI=1S/C10H13ClN4O2/c1-6-8(12)2-3-14(6)10-9(15(16)17)4-7(11)5-13-10/h4-6,8H,2-3,12H2,1H3. The largest absolute Gasteiger partial charge is 0.347 e. The first-order chi connectivity index (χ1) is 8.00. The second-order valence-corrected chi connectivity index (χ2v) is 4.58. The summed E-state index contributed by atoms with van der Waals surface area (Å²) in [5, 5.41) is 11.2. The summed E-state index contributed by atoms with van der Waals surface area (Å²) in [6, 6.07) is 1.38. The second kappa shape index (κ2) is 4.46. The van der Waals surface area contributed by atoms with E-state index in [4.69, 9.17) is 17.3 Å². The fourth-order valence-electron chi connectivity index (χ4n) is 2.04. The Bertz CT molecular complexity index is 454. The summed E-state index contributed by atoms with van der Waals surface area (Å²) >= 11 is 5.72. The van der Waals surface area contributed by atoms with E-state index in [9.17, 15) is 10.1 Å². The summed E-state index contributed by atoms with van der Waals surface area (Å²) in [5.74, 6) is 0.347. The summed E-state index contributed by atoms with van der Waals surface area (Å²) in [7, 11) is 0. The first-order valence-corrected chi connectivity index (χ1v) is 5.70. The lowest BCUT2D eigenvalue weighted by atomic mass is 10.2. The molecule has 2 rings (SSSR count). The Morgan fingerprint density at radius 3 is 2.94 bits per heavy atom. The molecule has 7 heteroatoms. The molecule has 0 spiro atoms. The molecule has 0 saturated carbocycles. The molecule has 1 aromatic rings. The number of pyridine rings is 1. The van der Waals surface area contributed by atoms with Crippen molar-refractivity contribution in [1.82, 2.24) is 4.98 Å². The molecule has 1 aromatic heterocycles. The van der Waals surface area contributed by atoms with Gasteiger partial charge in [0, 0.05) is 30.9 Å². The van der Waals surface area contributed by atoms with Crippen LogP contribution >= 0.6 is 11.6 Å². The van der Waals surface area contributed by atoms with Crippen LogP contribution in [0.4, 0.5) is 11.5 Å². The van der Waals surface area contributed by atoms with Gasteiger partial charge >= 0.3 is 5.69 Å². The normalized spacial score (nSPS) is 24.1. The van der Waals surface area contributed by atoms with E-state index in [1.807, 2.05) is 11.8 Å². The van der Waals surface area contributed by atoms with Gasteiger partial charge in [-0.2, -0.15) is 0 Å². The van der Waals surface area contributed by atoms with Crippen LogP contribution in [0, 0.1) is 10.1 Å². The molecule has 92 valence electrons. The van der Waals surface area contributed by atoms with Crippen molar-refractivity contribution in [3.63, 3.8) is 0 Å². The lowest BCUT2D eigenvalue weighted by Crippen LogP contribution is -2.37. The maximum Gasteiger partial charge on any atom is 0.313 e. The van der Waals surface area contributed by atoms with E-state index >= 15 is 0 Å². The van der Waals surface area contributed by atoms with Gasteiger partial charge in [-0.3, -0.25) is 10.1 Å². The van der Waals surface area contributed by atoms with Crippen LogP contribution in [-0.2, 0) is 0 Å². The van der Waals surface area contributed by atoms with Crippen molar-refractivity contribution in [2.45, 2.75) is 25.4 Å². The highest BCUT2D eigenvalue weighted by Crippen LogP contribution is 2.32. The molecule has 0 aromatic carbocycles. The van der Waals surface area contributed by atoms with Gasteiger partial charge in [0.25, 0.3) is 0 Å². The summed E-state index contributed by atoms with van der Waals surface area (Å²) < 4.78 is 0. The molecule has 2 N–H and O–H groups in total. The Morgan fingerprint density at radius 2 is 2.41 bits per heavy atom. The minimum Gasteiger partial charge on any atom is -0.347 e. The average Bonchev–Trinajstić information content (AvgIpc) is 2.60. The molecule has 2 heterocycles. The first-order valence-electron chi connectivity index (χ1n) is 5.33. The minimum absolute atomic E-state index is 0.0204. The Labute approximate surface area is 104 Å². The van der Waals surface area contributed by atoms with Crippen LogP contribution in [-0.4, -0.2) is 28.5 Å². The molecule has 6 nitrogen and oxygen atoms in total. The van der Waals surface area contributed by atoms with Crippen molar-refractivity contribution >= 4 is 23.1 Å². The van der Waals surface area contributed by atoms with Crippen molar-refractivity contribution in [3.8, 4) is 0 Å². The van der Waals surface area contributed by atoms with Crippen molar-refractivity contribution in [1.29, 1.82) is 0 Å². The number of nitrogens with zero attached hydrogens (tertiary/aromatic N) is 3. The van der Waals surface area contributed by atoms with Crippen LogP contribution in [0.1, 0.15) is 13.3 Å². The van der Waals surface area contributed by atoms with E-state index in [0.717, 1.165) is 6.42 Å². The first kappa shape index (κ1) is 12.1. The van der Waals surface area contributed by atoms with Gasteiger partial charge in [0.2, 0.25) is 5.82 Å². The number of nitrogens with two attached hydrogens (primary N) is 1. The van der Waals surface area contributed by atoms with E-state index in [2.05, 4.69) is 4.98 Å². The third-order valence-corrected chi connectivity index (χ3v) is 3.30. The minimum atomic E-state index is -0.467. The van der Waals surface area contributed by atoms with Crippen LogP contribution in [0.2, 0.25) is 5.02 Å². The Balaban J connectivity index is 2.42. The van der Waals surface area contributed by atoms with Crippen molar-refractivity contribution < 1.29 is 4.92 Å². The highest BCUT2D eigenvalue weighted by molar-refractivity contribution is 6.30. The highest BCUT2D eigenvalue weighted by atomic mass is 35.5. The molecular formula is C10H13ClN4O2. The number of nitro groups is 1. The van der Waals surface area contributed by atoms with Gasteiger partial charge in [-0.25, -0.2) is 4.98 Å². The lowest BCUT2D eigenvalue weighted by molar-refractivity contribution is -0.384. The van der Waals surface area contributed by atoms with Gasteiger partial charge in [-0.15, -0.1) is 0 Å². The number of aromatic nitrogens is 1. The fraction of sp³-hybridized carbons (Fsp3) is 0.500. The SMILES string of the molecule is CC1C(N)CCN1c1ncc(Cl)cc1[N+](=O)[O-]. The maximum atomic E-state index is 11.0. The summed E-state index contributed by atoms with van der Waals surface area (Å²) in [5.41, 5.74) is 5.83.